The molecule has 0 unspecified atom stereocenters. The van der Waals surface area contributed by atoms with E-state index in [-0.39, 0.29) is 13.0 Å². The van der Waals surface area contributed by atoms with E-state index in [0.29, 0.717) is 18.5 Å². The number of hydrogen-bond acceptors (Lipinski definition) is 2. The van der Waals surface area contributed by atoms with Crippen LogP contribution in [-0.4, -0.2) is 54.5 Å². The topological polar surface area (TPSA) is 6.48 Å². The normalized spacial score (nSPS) is 28.6. The van der Waals surface area contributed by atoms with Crippen LogP contribution >= 0.6 is 0 Å². The second kappa shape index (κ2) is 3.98. The first kappa shape index (κ1) is 11.3. The van der Waals surface area contributed by atoms with Crippen molar-refractivity contribution >= 4 is 0 Å². The van der Waals surface area contributed by atoms with E-state index >= 15 is 0 Å². The third-order valence-corrected chi connectivity index (χ3v) is 3.48. The molecule has 4 heteroatoms. The maximum atomic E-state index is 12.9. The third-order valence-electron chi connectivity index (χ3n) is 3.48. The lowest BCUT2D eigenvalue weighted by Crippen LogP contribution is -2.53. The molecule has 0 N–H and O–H groups in total. The molecule has 0 aromatic rings. The maximum absolute atomic E-state index is 12.9. The zero-order valence-electron chi connectivity index (χ0n) is 9.55. The maximum Gasteiger partial charge on any atom is 0.261 e. The molecule has 0 radical (unpaired) electrons. The SMILES string of the molecule is CC(C)N1CC(CN2CCC(F)(F)C2)C1. The Bertz CT molecular complexity index is 225. The minimum Gasteiger partial charge on any atom is -0.300 e. The predicted molar refractivity (Wildman–Crippen MR) is 56.2 cm³/mol. The van der Waals surface area contributed by atoms with Gasteiger partial charge in [0.05, 0.1) is 6.54 Å². The highest BCUT2D eigenvalue weighted by Crippen LogP contribution is 2.29. The Kier molecular flexibility index (Phi) is 2.99. The van der Waals surface area contributed by atoms with Gasteiger partial charge in [0.25, 0.3) is 5.92 Å². The predicted octanol–water partition coefficient (Wildman–Crippen LogP) is 1.67. The molecule has 2 heterocycles. The summed E-state index contributed by atoms with van der Waals surface area (Å²) in [4.78, 5) is 4.31. The van der Waals surface area contributed by atoms with E-state index in [1.807, 2.05) is 4.90 Å². The molecular weight excluding hydrogens is 198 g/mol. The van der Waals surface area contributed by atoms with Crippen LogP contribution in [-0.2, 0) is 0 Å². The van der Waals surface area contributed by atoms with Crippen LogP contribution in [0.5, 0.6) is 0 Å². The Hall–Kier alpha value is -0.220. The molecule has 0 aromatic carbocycles. The minimum atomic E-state index is -2.43. The van der Waals surface area contributed by atoms with Crippen molar-refractivity contribution in [2.75, 3.05) is 32.7 Å². The highest BCUT2D eigenvalue weighted by molar-refractivity contribution is 4.88. The molecule has 2 fully saturated rings. The van der Waals surface area contributed by atoms with Gasteiger partial charge in [-0.1, -0.05) is 0 Å². The van der Waals surface area contributed by atoms with E-state index in [4.69, 9.17) is 0 Å². The van der Waals surface area contributed by atoms with E-state index in [9.17, 15) is 8.78 Å². The summed E-state index contributed by atoms with van der Waals surface area (Å²) < 4.78 is 25.8. The molecule has 0 atom stereocenters. The average Bonchev–Trinajstić information content (AvgIpc) is 2.36. The minimum absolute atomic E-state index is 0.0226. The van der Waals surface area contributed by atoms with Crippen LogP contribution in [0.15, 0.2) is 0 Å². The molecule has 2 nitrogen and oxygen atoms in total. The Morgan fingerprint density at radius 3 is 2.47 bits per heavy atom. The van der Waals surface area contributed by atoms with Gasteiger partial charge in [-0.3, -0.25) is 4.90 Å². The molecule has 0 aromatic heterocycles. The summed E-state index contributed by atoms with van der Waals surface area (Å²) in [5.74, 6) is -1.82. The molecule has 2 rings (SSSR count). The summed E-state index contributed by atoms with van der Waals surface area (Å²) in [6, 6.07) is 0.598. The number of alkyl halides is 2. The first-order chi connectivity index (χ1) is 6.96. The van der Waals surface area contributed by atoms with Crippen molar-refractivity contribution in [2.24, 2.45) is 5.92 Å². The molecular formula is C11H20F2N2. The number of halogens is 2. The van der Waals surface area contributed by atoms with Gasteiger partial charge >= 0.3 is 0 Å². The molecule has 0 aliphatic carbocycles. The summed E-state index contributed by atoms with van der Waals surface area (Å²) in [5, 5.41) is 0. The number of rotatable bonds is 3. The molecule has 2 saturated heterocycles. The van der Waals surface area contributed by atoms with E-state index in [0.717, 1.165) is 19.6 Å². The van der Waals surface area contributed by atoms with E-state index in [1.165, 1.54) is 0 Å². The van der Waals surface area contributed by atoms with Crippen LogP contribution in [0.1, 0.15) is 20.3 Å². The van der Waals surface area contributed by atoms with Gasteiger partial charge in [0.15, 0.2) is 0 Å². The van der Waals surface area contributed by atoms with Gasteiger partial charge in [-0.2, -0.15) is 0 Å². The zero-order valence-corrected chi connectivity index (χ0v) is 9.55. The summed E-state index contributed by atoms with van der Waals surface area (Å²) in [6.45, 7) is 7.94. The Morgan fingerprint density at radius 1 is 1.33 bits per heavy atom. The molecule has 2 aliphatic rings. The highest BCUT2D eigenvalue weighted by atomic mass is 19.3. The van der Waals surface area contributed by atoms with Crippen molar-refractivity contribution in [1.29, 1.82) is 0 Å². The van der Waals surface area contributed by atoms with Crippen molar-refractivity contribution in [3.63, 3.8) is 0 Å². The number of hydrogen-bond donors (Lipinski definition) is 0. The highest BCUT2D eigenvalue weighted by Gasteiger charge is 2.40. The Morgan fingerprint density at radius 2 is 2.00 bits per heavy atom. The van der Waals surface area contributed by atoms with Gasteiger partial charge in [-0.15, -0.1) is 0 Å². The monoisotopic (exact) mass is 218 g/mol. The third kappa shape index (κ3) is 2.67. The molecule has 0 saturated carbocycles. The van der Waals surface area contributed by atoms with Crippen LogP contribution in [0.25, 0.3) is 0 Å². The van der Waals surface area contributed by atoms with Crippen LogP contribution in [0.3, 0.4) is 0 Å². The zero-order chi connectivity index (χ0) is 11.1. The van der Waals surface area contributed by atoms with Crippen molar-refractivity contribution in [3.05, 3.63) is 0 Å². The van der Waals surface area contributed by atoms with Crippen molar-refractivity contribution in [2.45, 2.75) is 32.2 Å². The average molecular weight is 218 g/mol. The van der Waals surface area contributed by atoms with Gasteiger partial charge in [0.1, 0.15) is 0 Å². The van der Waals surface area contributed by atoms with Crippen LogP contribution in [0.4, 0.5) is 8.78 Å². The Balaban J connectivity index is 1.68. The fourth-order valence-electron chi connectivity index (χ4n) is 2.47. The molecule has 88 valence electrons. The first-order valence-electron chi connectivity index (χ1n) is 5.80. The smallest absolute Gasteiger partial charge is 0.261 e. The van der Waals surface area contributed by atoms with Gasteiger partial charge < -0.3 is 4.90 Å². The van der Waals surface area contributed by atoms with Crippen molar-refractivity contribution in [1.82, 2.24) is 9.80 Å². The molecule has 15 heavy (non-hydrogen) atoms. The molecule has 0 bridgehead atoms. The van der Waals surface area contributed by atoms with Crippen LogP contribution in [0.2, 0.25) is 0 Å². The summed E-state index contributed by atoms with van der Waals surface area (Å²) >= 11 is 0. The summed E-state index contributed by atoms with van der Waals surface area (Å²) in [7, 11) is 0. The molecule has 0 spiro atoms. The lowest BCUT2D eigenvalue weighted by Gasteiger charge is -2.43. The summed E-state index contributed by atoms with van der Waals surface area (Å²) in [6.07, 6.45) is 0.0492. The van der Waals surface area contributed by atoms with Crippen LogP contribution < -0.4 is 0 Å². The number of nitrogens with zero attached hydrogens (tertiary/aromatic N) is 2. The molecule has 0 amide bonds. The second-order valence-corrected chi connectivity index (χ2v) is 5.25. The quantitative estimate of drug-likeness (QED) is 0.711. The standard InChI is InChI=1S/C11H20F2N2/c1-9(2)15-6-10(7-15)5-14-4-3-11(12,13)8-14/h9-10H,3-8H2,1-2H3. The van der Waals surface area contributed by atoms with Gasteiger partial charge in [-0.25, -0.2) is 8.78 Å². The lowest BCUT2D eigenvalue weighted by molar-refractivity contribution is 0.00179. The fourth-order valence-corrected chi connectivity index (χ4v) is 2.47. The number of likely N-dealkylation sites (tertiary alicyclic amines) is 2. The molecule has 2 aliphatic heterocycles. The summed E-state index contributed by atoms with van der Waals surface area (Å²) in [5.41, 5.74) is 0. The van der Waals surface area contributed by atoms with E-state index in [2.05, 4.69) is 18.7 Å². The van der Waals surface area contributed by atoms with Crippen LogP contribution in [0, 0.1) is 5.92 Å². The Labute approximate surface area is 90.2 Å². The first-order valence-corrected chi connectivity index (χ1v) is 5.80. The van der Waals surface area contributed by atoms with E-state index < -0.39 is 5.92 Å². The van der Waals surface area contributed by atoms with Gasteiger partial charge in [-0.05, 0) is 19.8 Å². The fraction of sp³-hybridized carbons (Fsp3) is 1.00. The second-order valence-electron chi connectivity index (χ2n) is 5.25. The van der Waals surface area contributed by atoms with Gasteiger partial charge in [0, 0.05) is 38.6 Å². The van der Waals surface area contributed by atoms with Crippen molar-refractivity contribution in [3.8, 4) is 0 Å². The largest absolute Gasteiger partial charge is 0.300 e. The van der Waals surface area contributed by atoms with Gasteiger partial charge in [0.2, 0.25) is 0 Å². The van der Waals surface area contributed by atoms with Crippen molar-refractivity contribution < 1.29 is 8.78 Å². The lowest BCUT2D eigenvalue weighted by atomic mass is 9.98. The van der Waals surface area contributed by atoms with E-state index in [1.54, 1.807) is 0 Å².